The Bertz CT molecular complexity index is 354. The van der Waals surface area contributed by atoms with Crippen LogP contribution in [0, 0.1) is 0 Å². The number of halogens is 4. The van der Waals surface area contributed by atoms with Crippen molar-refractivity contribution in [3.05, 3.63) is 24.0 Å². The zero-order valence-electron chi connectivity index (χ0n) is 7.40. The number of hydrogen-bond acceptors (Lipinski definition) is 1. The standard InChI is InChI=1S/C8H8BrF3N2/c1-5(4-9)6-3-7(8(10,11)12)13-14(6)2/h3H,1,4H2,2H3. The van der Waals surface area contributed by atoms with E-state index in [1.807, 2.05) is 0 Å². The molecule has 1 heterocycles. The lowest BCUT2D eigenvalue weighted by atomic mass is 10.2. The summed E-state index contributed by atoms with van der Waals surface area (Å²) in [6.07, 6.45) is -4.40. The third-order valence-corrected chi connectivity index (χ3v) is 2.37. The van der Waals surface area contributed by atoms with Gasteiger partial charge in [0.15, 0.2) is 5.69 Å². The van der Waals surface area contributed by atoms with E-state index in [4.69, 9.17) is 0 Å². The van der Waals surface area contributed by atoms with Gasteiger partial charge in [-0.2, -0.15) is 18.3 Å². The second-order valence-electron chi connectivity index (χ2n) is 2.77. The van der Waals surface area contributed by atoms with E-state index >= 15 is 0 Å². The molecule has 0 spiro atoms. The van der Waals surface area contributed by atoms with Crippen molar-refractivity contribution in [2.24, 2.45) is 7.05 Å². The topological polar surface area (TPSA) is 17.8 Å². The Morgan fingerprint density at radius 1 is 1.64 bits per heavy atom. The number of rotatable bonds is 2. The Morgan fingerprint density at radius 3 is 2.57 bits per heavy atom. The summed E-state index contributed by atoms with van der Waals surface area (Å²) >= 11 is 3.12. The fourth-order valence-corrected chi connectivity index (χ4v) is 1.29. The van der Waals surface area contributed by atoms with E-state index in [0.29, 0.717) is 16.6 Å². The number of aryl methyl sites for hydroxylation is 1. The smallest absolute Gasteiger partial charge is 0.268 e. The van der Waals surface area contributed by atoms with Crippen LogP contribution in [-0.4, -0.2) is 15.1 Å². The van der Waals surface area contributed by atoms with Crippen LogP contribution in [0.2, 0.25) is 0 Å². The second-order valence-corrected chi connectivity index (χ2v) is 3.33. The van der Waals surface area contributed by atoms with Crippen LogP contribution < -0.4 is 0 Å². The molecule has 0 aliphatic heterocycles. The minimum absolute atomic E-state index is 0.384. The number of alkyl halides is 4. The van der Waals surface area contributed by atoms with Gasteiger partial charge in [0.25, 0.3) is 0 Å². The lowest BCUT2D eigenvalue weighted by molar-refractivity contribution is -0.141. The molecule has 0 bridgehead atoms. The number of hydrogen-bond donors (Lipinski definition) is 0. The quantitative estimate of drug-likeness (QED) is 0.755. The molecule has 0 amide bonds. The van der Waals surface area contributed by atoms with Gasteiger partial charge in [-0.1, -0.05) is 22.5 Å². The van der Waals surface area contributed by atoms with Gasteiger partial charge < -0.3 is 0 Å². The van der Waals surface area contributed by atoms with Gasteiger partial charge in [0, 0.05) is 12.4 Å². The summed E-state index contributed by atoms with van der Waals surface area (Å²) in [5.41, 5.74) is 0.0572. The first-order valence-electron chi connectivity index (χ1n) is 3.71. The van der Waals surface area contributed by atoms with Crippen molar-refractivity contribution in [1.82, 2.24) is 9.78 Å². The van der Waals surface area contributed by atoms with Gasteiger partial charge >= 0.3 is 6.18 Å². The molecule has 1 rings (SSSR count). The van der Waals surface area contributed by atoms with Crippen LogP contribution in [0.1, 0.15) is 11.4 Å². The average Bonchev–Trinajstić information content (AvgIpc) is 2.45. The summed E-state index contributed by atoms with van der Waals surface area (Å²) in [6.45, 7) is 3.62. The van der Waals surface area contributed by atoms with Crippen LogP contribution in [0.3, 0.4) is 0 Å². The third kappa shape index (κ3) is 2.17. The molecule has 78 valence electrons. The van der Waals surface area contributed by atoms with Crippen molar-refractivity contribution in [2.45, 2.75) is 6.18 Å². The number of allylic oxidation sites excluding steroid dienone is 1. The van der Waals surface area contributed by atoms with E-state index < -0.39 is 11.9 Å². The Labute approximate surface area is 87.5 Å². The molecule has 2 nitrogen and oxygen atoms in total. The molecular weight excluding hydrogens is 261 g/mol. The molecule has 14 heavy (non-hydrogen) atoms. The summed E-state index contributed by atoms with van der Waals surface area (Å²) in [5, 5.41) is 3.78. The Morgan fingerprint density at radius 2 is 2.21 bits per heavy atom. The molecule has 0 aliphatic rings. The normalized spacial score (nSPS) is 11.8. The fraction of sp³-hybridized carbons (Fsp3) is 0.375. The Kier molecular flexibility index (Phi) is 3.04. The van der Waals surface area contributed by atoms with E-state index in [0.717, 1.165) is 6.07 Å². The maximum absolute atomic E-state index is 12.2. The molecule has 0 saturated carbocycles. The third-order valence-electron chi connectivity index (χ3n) is 1.69. The van der Waals surface area contributed by atoms with Crippen molar-refractivity contribution in [2.75, 3.05) is 5.33 Å². The largest absolute Gasteiger partial charge is 0.435 e. The van der Waals surface area contributed by atoms with Gasteiger partial charge in [-0.25, -0.2) is 0 Å². The monoisotopic (exact) mass is 268 g/mol. The van der Waals surface area contributed by atoms with Gasteiger partial charge in [0.1, 0.15) is 0 Å². The predicted octanol–water partition coefficient (Wildman–Crippen LogP) is 2.85. The van der Waals surface area contributed by atoms with E-state index in [1.54, 1.807) is 0 Å². The predicted molar refractivity (Wildman–Crippen MR) is 51.0 cm³/mol. The van der Waals surface area contributed by atoms with E-state index in [9.17, 15) is 13.2 Å². The van der Waals surface area contributed by atoms with Crippen LogP contribution in [0.4, 0.5) is 13.2 Å². The first-order chi connectivity index (χ1) is 6.36. The van der Waals surface area contributed by atoms with Crippen LogP contribution in [0.25, 0.3) is 5.57 Å². The van der Waals surface area contributed by atoms with Crippen molar-refractivity contribution in [3.8, 4) is 0 Å². The highest BCUT2D eigenvalue weighted by Crippen LogP contribution is 2.29. The molecular formula is C8H8BrF3N2. The maximum Gasteiger partial charge on any atom is 0.435 e. The van der Waals surface area contributed by atoms with Gasteiger partial charge in [0.2, 0.25) is 0 Å². The lowest BCUT2D eigenvalue weighted by Crippen LogP contribution is -2.06. The first-order valence-corrected chi connectivity index (χ1v) is 4.83. The Balaban J connectivity index is 3.12. The van der Waals surface area contributed by atoms with Gasteiger partial charge in [0.05, 0.1) is 5.69 Å². The zero-order chi connectivity index (χ0) is 10.9. The highest BCUT2D eigenvalue weighted by molar-refractivity contribution is 9.09. The summed E-state index contributed by atoms with van der Waals surface area (Å²) in [7, 11) is 1.46. The van der Waals surface area contributed by atoms with Gasteiger partial charge in [-0.3, -0.25) is 4.68 Å². The zero-order valence-corrected chi connectivity index (χ0v) is 8.98. The summed E-state index contributed by atoms with van der Waals surface area (Å²) in [4.78, 5) is 0. The van der Waals surface area contributed by atoms with Crippen LogP contribution in [0.5, 0.6) is 0 Å². The maximum atomic E-state index is 12.2. The summed E-state index contributed by atoms with van der Waals surface area (Å²) in [6, 6.07) is 0.990. The van der Waals surface area contributed by atoms with E-state index in [2.05, 4.69) is 27.6 Å². The highest BCUT2D eigenvalue weighted by atomic mass is 79.9. The first kappa shape index (κ1) is 11.3. The van der Waals surface area contributed by atoms with Crippen LogP contribution in [0.15, 0.2) is 12.6 Å². The minimum Gasteiger partial charge on any atom is -0.268 e. The van der Waals surface area contributed by atoms with Crippen molar-refractivity contribution in [3.63, 3.8) is 0 Å². The highest BCUT2D eigenvalue weighted by Gasteiger charge is 2.34. The fourth-order valence-electron chi connectivity index (χ4n) is 1.01. The number of aromatic nitrogens is 2. The molecule has 0 aliphatic carbocycles. The van der Waals surface area contributed by atoms with E-state index in [-0.39, 0.29) is 0 Å². The Hall–Kier alpha value is -0.780. The van der Waals surface area contributed by atoms with Crippen molar-refractivity contribution < 1.29 is 13.2 Å². The van der Waals surface area contributed by atoms with Gasteiger partial charge in [-0.15, -0.1) is 0 Å². The van der Waals surface area contributed by atoms with Crippen LogP contribution >= 0.6 is 15.9 Å². The van der Waals surface area contributed by atoms with Crippen molar-refractivity contribution in [1.29, 1.82) is 0 Å². The van der Waals surface area contributed by atoms with Crippen molar-refractivity contribution >= 4 is 21.5 Å². The molecule has 0 fully saturated rings. The number of nitrogens with zero attached hydrogens (tertiary/aromatic N) is 2. The summed E-state index contributed by atoms with van der Waals surface area (Å²) < 4.78 is 37.9. The second kappa shape index (κ2) is 3.76. The van der Waals surface area contributed by atoms with E-state index in [1.165, 1.54) is 11.7 Å². The SMILES string of the molecule is C=C(CBr)c1cc(C(F)(F)F)nn1C. The molecule has 1 aromatic rings. The molecule has 0 radical (unpaired) electrons. The molecule has 6 heteroatoms. The summed E-state index contributed by atoms with van der Waals surface area (Å²) in [5.74, 6) is 0. The average molecular weight is 269 g/mol. The molecule has 0 atom stereocenters. The lowest BCUT2D eigenvalue weighted by Gasteiger charge is -1.99. The van der Waals surface area contributed by atoms with Crippen LogP contribution in [-0.2, 0) is 13.2 Å². The molecule has 0 saturated heterocycles. The molecule has 0 aromatic carbocycles. The molecule has 0 N–H and O–H groups in total. The molecule has 1 aromatic heterocycles. The minimum atomic E-state index is -4.40. The molecule has 0 unspecified atom stereocenters. The van der Waals surface area contributed by atoms with Gasteiger partial charge in [-0.05, 0) is 11.6 Å².